The fourth-order valence-electron chi connectivity index (χ4n) is 1.94. The molecule has 0 spiro atoms. The Balaban J connectivity index is 2.23. The zero-order valence-electron chi connectivity index (χ0n) is 8.86. The highest BCUT2D eigenvalue weighted by Crippen LogP contribution is 2.21. The first-order valence-electron chi connectivity index (χ1n) is 5.02. The Hall–Kier alpha value is -0.120. The number of nitrogens with zero attached hydrogens (tertiary/aromatic N) is 1. The van der Waals surface area contributed by atoms with Crippen LogP contribution in [0.2, 0.25) is 0 Å². The Morgan fingerprint density at radius 3 is 2.38 bits per heavy atom. The van der Waals surface area contributed by atoms with Crippen molar-refractivity contribution < 1.29 is 9.84 Å². The van der Waals surface area contributed by atoms with E-state index in [4.69, 9.17) is 4.74 Å². The molecule has 3 nitrogen and oxygen atoms in total. The Morgan fingerprint density at radius 2 is 1.92 bits per heavy atom. The standard InChI is InChI=1S/C10H21NO2/c1-8-4-11(5-9(8)2)6-10(12)7-13-3/h8-10,12H,4-7H2,1-3H3. The summed E-state index contributed by atoms with van der Waals surface area (Å²) in [4.78, 5) is 2.32. The molecule has 0 aromatic heterocycles. The summed E-state index contributed by atoms with van der Waals surface area (Å²) in [5, 5.41) is 9.52. The van der Waals surface area contributed by atoms with Crippen LogP contribution in [0.5, 0.6) is 0 Å². The summed E-state index contributed by atoms with van der Waals surface area (Å²) < 4.78 is 4.89. The van der Waals surface area contributed by atoms with Crippen molar-refractivity contribution in [2.24, 2.45) is 11.8 Å². The predicted octanol–water partition coefficient (Wildman–Crippen LogP) is 0.582. The lowest BCUT2D eigenvalue weighted by molar-refractivity contribution is 0.0418. The Morgan fingerprint density at radius 1 is 1.38 bits per heavy atom. The van der Waals surface area contributed by atoms with Crippen LogP contribution < -0.4 is 0 Å². The molecule has 0 aromatic carbocycles. The number of methoxy groups -OCH3 is 1. The van der Waals surface area contributed by atoms with Crippen LogP contribution >= 0.6 is 0 Å². The van der Waals surface area contributed by atoms with Crippen molar-refractivity contribution in [3.8, 4) is 0 Å². The van der Waals surface area contributed by atoms with Gasteiger partial charge in [0.2, 0.25) is 0 Å². The molecule has 3 atom stereocenters. The SMILES string of the molecule is COCC(O)CN1CC(C)C(C)C1. The van der Waals surface area contributed by atoms with Gasteiger partial charge in [-0.15, -0.1) is 0 Å². The molecular formula is C10H21NO2. The van der Waals surface area contributed by atoms with Crippen LogP contribution in [0.25, 0.3) is 0 Å². The second-order valence-corrected chi connectivity index (χ2v) is 4.28. The van der Waals surface area contributed by atoms with Crippen LogP contribution in [0, 0.1) is 11.8 Å². The van der Waals surface area contributed by atoms with Crippen molar-refractivity contribution in [3.05, 3.63) is 0 Å². The predicted molar refractivity (Wildman–Crippen MR) is 52.7 cm³/mol. The van der Waals surface area contributed by atoms with Gasteiger partial charge in [0.1, 0.15) is 0 Å². The first-order chi connectivity index (χ1) is 6.13. The molecule has 1 aliphatic heterocycles. The minimum atomic E-state index is -0.331. The van der Waals surface area contributed by atoms with E-state index in [1.54, 1.807) is 7.11 Å². The van der Waals surface area contributed by atoms with Gasteiger partial charge in [-0.2, -0.15) is 0 Å². The average Bonchev–Trinajstić information content (AvgIpc) is 2.31. The maximum absolute atomic E-state index is 9.52. The normalized spacial score (nSPS) is 32.3. The molecule has 1 rings (SSSR count). The zero-order valence-corrected chi connectivity index (χ0v) is 8.86. The maximum atomic E-state index is 9.52. The summed E-state index contributed by atoms with van der Waals surface area (Å²) in [6, 6.07) is 0. The highest BCUT2D eigenvalue weighted by atomic mass is 16.5. The van der Waals surface area contributed by atoms with Crippen LogP contribution in [-0.2, 0) is 4.74 Å². The van der Waals surface area contributed by atoms with Crippen molar-refractivity contribution in [3.63, 3.8) is 0 Å². The molecule has 1 fully saturated rings. The van der Waals surface area contributed by atoms with Crippen molar-refractivity contribution in [2.75, 3.05) is 33.4 Å². The van der Waals surface area contributed by atoms with Gasteiger partial charge in [-0.1, -0.05) is 13.8 Å². The van der Waals surface area contributed by atoms with Gasteiger partial charge in [0.05, 0.1) is 12.7 Å². The third kappa shape index (κ3) is 3.25. The van der Waals surface area contributed by atoms with Gasteiger partial charge in [-0.05, 0) is 11.8 Å². The highest BCUT2D eigenvalue weighted by molar-refractivity contribution is 4.79. The van der Waals surface area contributed by atoms with Crippen LogP contribution in [0.3, 0.4) is 0 Å². The molecule has 78 valence electrons. The van der Waals surface area contributed by atoms with Gasteiger partial charge >= 0.3 is 0 Å². The number of likely N-dealkylation sites (tertiary alicyclic amines) is 1. The van der Waals surface area contributed by atoms with E-state index in [0.717, 1.165) is 31.5 Å². The van der Waals surface area contributed by atoms with E-state index in [-0.39, 0.29) is 6.10 Å². The second-order valence-electron chi connectivity index (χ2n) is 4.28. The minimum absolute atomic E-state index is 0.331. The fraction of sp³-hybridized carbons (Fsp3) is 1.00. The van der Waals surface area contributed by atoms with Crippen molar-refractivity contribution >= 4 is 0 Å². The van der Waals surface area contributed by atoms with E-state index in [1.165, 1.54) is 0 Å². The number of aliphatic hydroxyl groups excluding tert-OH is 1. The van der Waals surface area contributed by atoms with Crippen LogP contribution in [0.1, 0.15) is 13.8 Å². The molecule has 1 saturated heterocycles. The van der Waals surface area contributed by atoms with E-state index in [2.05, 4.69) is 18.7 Å². The van der Waals surface area contributed by atoms with Gasteiger partial charge in [-0.25, -0.2) is 0 Å². The third-order valence-corrected chi connectivity index (χ3v) is 2.89. The molecular weight excluding hydrogens is 166 g/mol. The summed E-state index contributed by atoms with van der Waals surface area (Å²) in [6.07, 6.45) is -0.331. The van der Waals surface area contributed by atoms with E-state index in [0.29, 0.717) is 6.61 Å². The molecule has 0 saturated carbocycles. The number of ether oxygens (including phenoxy) is 1. The molecule has 1 heterocycles. The van der Waals surface area contributed by atoms with Crippen molar-refractivity contribution in [1.29, 1.82) is 0 Å². The third-order valence-electron chi connectivity index (χ3n) is 2.89. The quantitative estimate of drug-likeness (QED) is 0.699. The largest absolute Gasteiger partial charge is 0.389 e. The smallest absolute Gasteiger partial charge is 0.0900 e. The van der Waals surface area contributed by atoms with Crippen LogP contribution in [0.4, 0.5) is 0 Å². The van der Waals surface area contributed by atoms with Gasteiger partial charge in [0.25, 0.3) is 0 Å². The lowest BCUT2D eigenvalue weighted by Crippen LogP contribution is -2.33. The van der Waals surface area contributed by atoms with Gasteiger partial charge in [0.15, 0.2) is 0 Å². The van der Waals surface area contributed by atoms with E-state index >= 15 is 0 Å². The highest BCUT2D eigenvalue weighted by Gasteiger charge is 2.26. The van der Waals surface area contributed by atoms with Crippen molar-refractivity contribution in [1.82, 2.24) is 4.90 Å². The number of β-amino-alcohol motifs (C(OH)–C–C–N with tert-alkyl or cyclic N) is 1. The minimum Gasteiger partial charge on any atom is -0.389 e. The molecule has 3 heteroatoms. The summed E-state index contributed by atoms with van der Waals surface area (Å²) in [5.74, 6) is 1.52. The van der Waals surface area contributed by atoms with Crippen molar-refractivity contribution in [2.45, 2.75) is 20.0 Å². The van der Waals surface area contributed by atoms with E-state index < -0.39 is 0 Å². The molecule has 0 aliphatic carbocycles. The lowest BCUT2D eigenvalue weighted by atomic mass is 10.0. The second kappa shape index (κ2) is 4.94. The van der Waals surface area contributed by atoms with Crippen LogP contribution in [0.15, 0.2) is 0 Å². The molecule has 1 aliphatic rings. The van der Waals surface area contributed by atoms with Gasteiger partial charge in [-0.3, -0.25) is 0 Å². The maximum Gasteiger partial charge on any atom is 0.0900 e. The Labute approximate surface area is 80.7 Å². The molecule has 0 aromatic rings. The first kappa shape index (κ1) is 11.0. The number of hydrogen-bond donors (Lipinski definition) is 1. The Kier molecular flexibility index (Phi) is 4.16. The Bertz CT molecular complexity index is 142. The number of rotatable bonds is 4. The lowest BCUT2D eigenvalue weighted by Gasteiger charge is -2.19. The summed E-state index contributed by atoms with van der Waals surface area (Å²) in [7, 11) is 1.62. The summed E-state index contributed by atoms with van der Waals surface area (Å²) in [6.45, 7) is 7.96. The molecule has 0 bridgehead atoms. The zero-order chi connectivity index (χ0) is 9.84. The molecule has 3 unspecified atom stereocenters. The van der Waals surface area contributed by atoms with E-state index in [9.17, 15) is 5.11 Å². The van der Waals surface area contributed by atoms with Crippen LogP contribution in [-0.4, -0.2) is 49.5 Å². The summed E-state index contributed by atoms with van der Waals surface area (Å²) in [5.41, 5.74) is 0. The van der Waals surface area contributed by atoms with Gasteiger partial charge in [0, 0.05) is 26.7 Å². The number of aliphatic hydroxyl groups is 1. The molecule has 0 amide bonds. The average molecular weight is 187 g/mol. The molecule has 1 N–H and O–H groups in total. The molecule has 0 radical (unpaired) electrons. The van der Waals surface area contributed by atoms with E-state index in [1.807, 2.05) is 0 Å². The summed E-state index contributed by atoms with van der Waals surface area (Å²) >= 11 is 0. The number of hydrogen-bond acceptors (Lipinski definition) is 3. The first-order valence-corrected chi connectivity index (χ1v) is 5.02. The molecule has 13 heavy (non-hydrogen) atoms. The monoisotopic (exact) mass is 187 g/mol. The topological polar surface area (TPSA) is 32.7 Å². The van der Waals surface area contributed by atoms with Gasteiger partial charge < -0.3 is 14.7 Å². The fourth-order valence-corrected chi connectivity index (χ4v) is 1.94.